The van der Waals surface area contributed by atoms with Crippen LogP contribution < -0.4 is 0 Å². The number of thiophene rings is 1. The van der Waals surface area contributed by atoms with E-state index in [2.05, 4.69) is 38.8 Å². The Morgan fingerprint density at radius 3 is 2.35 bits per heavy atom. The quantitative estimate of drug-likeness (QED) is 0.686. The van der Waals surface area contributed by atoms with Crippen LogP contribution in [0.5, 0.6) is 0 Å². The van der Waals surface area contributed by atoms with Crippen LogP contribution in [0.4, 0.5) is 0 Å². The number of rotatable bonds is 3. The fourth-order valence-electron chi connectivity index (χ4n) is 1.50. The highest BCUT2D eigenvalue weighted by Gasteiger charge is 2.16. The lowest BCUT2D eigenvalue weighted by Gasteiger charge is -2.01. The van der Waals surface area contributed by atoms with Gasteiger partial charge in [0.25, 0.3) is 0 Å². The maximum absolute atomic E-state index is 12.2. The maximum atomic E-state index is 12.2. The molecular weight excluding hydrogens is 364 g/mol. The van der Waals surface area contributed by atoms with Crippen molar-refractivity contribution in [1.29, 1.82) is 0 Å². The number of halogens is 2. The zero-order chi connectivity index (χ0) is 12.4. The van der Waals surface area contributed by atoms with Crippen molar-refractivity contribution in [1.82, 2.24) is 0 Å². The van der Waals surface area contributed by atoms with Gasteiger partial charge >= 0.3 is 0 Å². The Morgan fingerprint density at radius 2 is 1.88 bits per heavy atom. The van der Waals surface area contributed by atoms with Gasteiger partial charge in [0.05, 0.1) is 9.35 Å². The average molecular weight is 374 g/mol. The van der Waals surface area contributed by atoms with Crippen molar-refractivity contribution in [2.45, 2.75) is 13.3 Å². The third-order valence-corrected chi connectivity index (χ3v) is 6.05. The van der Waals surface area contributed by atoms with Gasteiger partial charge in [0.2, 0.25) is 5.78 Å². The second-order valence-corrected chi connectivity index (χ2v) is 6.13. The number of hydrogen-bond acceptors (Lipinski definition) is 2. The van der Waals surface area contributed by atoms with Crippen molar-refractivity contribution in [2.24, 2.45) is 0 Å². The summed E-state index contributed by atoms with van der Waals surface area (Å²) in [6, 6.07) is 7.79. The second-order valence-electron chi connectivity index (χ2n) is 3.61. The summed E-state index contributed by atoms with van der Waals surface area (Å²) >= 11 is 8.26. The summed E-state index contributed by atoms with van der Waals surface area (Å²) in [5.41, 5.74) is 1.98. The summed E-state index contributed by atoms with van der Waals surface area (Å²) in [6.07, 6.45) is 0.989. The van der Waals surface area contributed by atoms with Crippen LogP contribution in [0.15, 0.2) is 38.6 Å². The fourth-order valence-corrected chi connectivity index (χ4v) is 3.61. The van der Waals surface area contributed by atoms with Crippen LogP contribution in [0.2, 0.25) is 0 Å². The molecule has 2 rings (SSSR count). The molecule has 0 amide bonds. The SMILES string of the molecule is CCc1ccc(C(=O)c2scc(Br)c2Br)cc1. The highest BCUT2D eigenvalue weighted by Crippen LogP contribution is 2.34. The summed E-state index contributed by atoms with van der Waals surface area (Å²) in [4.78, 5) is 13.0. The van der Waals surface area contributed by atoms with Gasteiger partial charge in [-0.2, -0.15) is 0 Å². The predicted molar refractivity (Wildman–Crippen MR) is 79.0 cm³/mol. The molecule has 0 unspecified atom stereocenters. The van der Waals surface area contributed by atoms with E-state index >= 15 is 0 Å². The van der Waals surface area contributed by atoms with Gasteiger partial charge in [-0.1, -0.05) is 31.2 Å². The summed E-state index contributed by atoms with van der Waals surface area (Å²) in [6.45, 7) is 2.10. The van der Waals surface area contributed by atoms with Gasteiger partial charge in [0.15, 0.2) is 0 Å². The number of benzene rings is 1. The van der Waals surface area contributed by atoms with Crippen LogP contribution in [-0.2, 0) is 6.42 Å². The summed E-state index contributed by atoms with van der Waals surface area (Å²) in [7, 11) is 0. The van der Waals surface area contributed by atoms with E-state index in [1.807, 2.05) is 29.6 Å². The maximum Gasteiger partial charge on any atom is 0.204 e. The van der Waals surface area contributed by atoms with E-state index in [1.165, 1.54) is 16.9 Å². The van der Waals surface area contributed by atoms with Gasteiger partial charge < -0.3 is 0 Å². The molecule has 17 heavy (non-hydrogen) atoms. The first-order valence-electron chi connectivity index (χ1n) is 5.19. The molecule has 1 heterocycles. The fraction of sp³-hybridized carbons (Fsp3) is 0.154. The standard InChI is InChI=1S/C13H10Br2OS/c1-2-8-3-5-9(6-4-8)12(16)13-11(15)10(14)7-17-13/h3-7H,2H2,1H3. The number of carbonyl (C=O) groups is 1. The van der Waals surface area contributed by atoms with Gasteiger partial charge in [-0.15, -0.1) is 11.3 Å². The monoisotopic (exact) mass is 372 g/mol. The minimum absolute atomic E-state index is 0.0650. The van der Waals surface area contributed by atoms with E-state index in [0.29, 0.717) is 0 Å². The van der Waals surface area contributed by atoms with E-state index in [9.17, 15) is 4.79 Å². The minimum atomic E-state index is 0.0650. The third kappa shape index (κ3) is 2.69. The van der Waals surface area contributed by atoms with E-state index in [4.69, 9.17) is 0 Å². The van der Waals surface area contributed by atoms with Gasteiger partial charge in [-0.05, 0) is 43.8 Å². The zero-order valence-electron chi connectivity index (χ0n) is 9.17. The smallest absolute Gasteiger partial charge is 0.204 e. The van der Waals surface area contributed by atoms with Crippen molar-refractivity contribution in [2.75, 3.05) is 0 Å². The molecule has 0 N–H and O–H groups in total. The largest absolute Gasteiger partial charge is 0.288 e. The molecule has 0 aliphatic carbocycles. The number of ketones is 1. The average Bonchev–Trinajstić information content (AvgIpc) is 2.69. The molecule has 0 spiro atoms. The van der Waals surface area contributed by atoms with E-state index < -0.39 is 0 Å². The molecule has 0 saturated carbocycles. The Hall–Kier alpha value is -0.450. The Bertz CT molecular complexity index is 543. The van der Waals surface area contributed by atoms with Crippen LogP contribution in [-0.4, -0.2) is 5.78 Å². The summed E-state index contributed by atoms with van der Waals surface area (Å²) < 4.78 is 1.77. The van der Waals surface area contributed by atoms with Crippen LogP contribution in [0.3, 0.4) is 0 Å². The van der Waals surface area contributed by atoms with Crippen LogP contribution >= 0.6 is 43.2 Å². The number of aryl methyl sites for hydroxylation is 1. The van der Waals surface area contributed by atoms with E-state index in [-0.39, 0.29) is 5.78 Å². The molecule has 1 aromatic carbocycles. The summed E-state index contributed by atoms with van der Waals surface area (Å²) in [5, 5.41) is 1.91. The van der Waals surface area contributed by atoms with Crippen molar-refractivity contribution in [3.8, 4) is 0 Å². The molecule has 1 aromatic heterocycles. The first-order valence-corrected chi connectivity index (χ1v) is 7.66. The van der Waals surface area contributed by atoms with Crippen LogP contribution in [0.1, 0.15) is 27.7 Å². The Labute approximate surface area is 121 Å². The van der Waals surface area contributed by atoms with Crippen LogP contribution in [0, 0.1) is 0 Å². The Kier molecular flexibility index (Phi) is 4.17. The van der Waals surface area contributed by atoms with Crippen molar-refractivity contribution in [3.63, 3.8) is 0 Å². The first-order chi connectivity index (χ1) is 8.13. The lowest BCUT2D eigenvalue weighted by molar-refractivity contribution is 0.104. The molecule has 0 saturated heterocycles. The Balaban J connectivity index is 2.33. The molecule has 0 aliphatic rings. The number of hydrogen-bond donors (Lipinski definition) is 0. The lowest BCUT2D eigenvalue weighted by atomic mass is 10.1. The van der Waals surface area contributed by atoms with E-state index in [0.717, 1.165) is 25.8 Å². The Morgan fingerprint density at radius 1 is 1.24 bits per heavy atom. The van der Waals surface area contributed by atoms with Crippen molar-refractivity contribution in [3.05, 3.63) is 54.6 Å². The minimum Gasteiger partial charge on any atom is -0.288 e. The number of carbonyl (C=O) groups excluding carboxylic acids is 1. The molecule has 0 fully saturated rings. The van der Waals surface area contributed by atoms with Crippen LogP contribution in [0.25, 0.3) is 0 Å². The molecule has 0 radical (unpaired) electrons. The molecule has 1 nitrogen and oxygen atoms in total. The van der Waals surface area contributed by atoms with Gasteiger partial charge in [-0.25, -0.2) is 0 Å². The summed E-state index contributed by atoms with van der Waals surface area (Å²) in [5.74, 6) is 0.0650. The molecule has 4 heteroatoms. The molecule has 2 aromatic rings. The molecule has 0 aliphatic heterocycles. The van der Waals surface area contributed by atoms with Crippen molar-refractivity contribution < 1.29 is 4.79 Å². The normalized spacial score (nSPS) is 10.5. The van der Waals surface area contributed by atoms with Gasteiger partial charge in [-0.3, -0.25) is 4.79 Å². The highest BCUT2D eigenvalue weighted by atomic mass is 79.9. The lowest BCUT2D eigenvalue weighted by Crippen LogP contribution is -1.99. The molecule has 0 atom stereocenters. The van der Waals surface area contributed by atoms with Gasteiger partial charge in [0.1, 0.15) is 0 Å². The molecule has 0 bridgehead atoms. The highest BCUT2D eigenvalue weighted by molar-refractivity contribution is 9.13. The first kappa shape index (κ1) is 13.0. The second kappa shape index (κ2) is 5.46. The predicted octanol–water partition coefficient (Wildman–Crippen LogP) is 5.07. The van der Waals surface area contributed by atoms with Gasteiger partial charge in [0, 0.05) is 15.4 Å². The zero-order valence-corrected chi connectivity index (χ0v) is 13.2. The molecular formula is C13H10Br2OS. The third-order valence-electron chi connectivity index (χ3n) is 2.52. The molecule has 88 valence electrons. The van der Waals surface area contributed by atoms with Crippen molar-refractivity contribution >= 4 is 49.0 Å². The topological polar surface area (TPSA) is 17.1 Å². The van der Waals surface area contributed by atoms with E-state index in [1.54, 1.807) is 0 Å².